The van der Waals surface area contributed by atoms with Crippen LogP contribution in [-0.4, -0.2) is 22.5 Å². The second-order valence-electron chi connectivity index (χ2n) is 7.65. The number of nitrogens with zero attached hydrogens (tertiary/aromatic N) is 2. The zero-order chi connectivity index (χ0) is 24.9. The fourth-order valence-electron chi connectivity index (χ4n) is 3.31. The van der Waals surface area contributed by atoms with Crippen molar-refractivity contribution in [1.82, 2.24) is 4.90 Å². The van der Waals surface area contributed by atoms with E-state index in [4.69, 9.17) is 39.5 Å². The van der Waals surface area contributed by atoms with E-state index >= 15 is 0 Å². The van der Waals surface area contributed by atoms with Crippen LogP contribution in [0.2, 0.25) is 15.1 Å². The van der Waals surface area contributed by atoms with Crippen LogP contribution in [0.15, 0.2) is 70.6 Å². The van der Waals surface area contributed by atoms with E-state index in [0.717, 1.165) is 32.6 Å². The van der Waals surface area contributed by atoms with Gasteiger partial charge in [-0.25, -0.2) is 4.99 Å². The predicted molar refractivity (Wildman–Crippen MR) is 156 cm³/mol. The maximum Gasteiger partial charge on any atom is 0.266 e. The van der Waals surface area contributed by atoms with Crippen molar-refractivity contribution in [3.8, 4) is 5.75 Å². The molecule has 1 heterocycles. The maximum atomic E-state index is 13.1. The minimum Gasteiger partial charge on any atom is -0.488 e. The number of ether oxygens (including phenoxy) is 1. The van der Waals surface area contributed by atoms with Gasteiger partial charge in [-0.1, -0.05) is 53.9 Å². The van der Waals surface area contributed by atoms with E-state index < -0.39 is 0 Å². The summed E-state index contributed by atoms with van der Waals surface area (Å²) in [5.41, 5.74) is 2.52. The lowest BCUT2D eigenvalue weighted by molar-refractivity contribution is -0.122. The van der Waals surface area contributed by atoms with E-state index in [-0.39, 0.29) is 5.91 Å². The summed E-state index contributed by atoms with van der Waals surface area (Å²) in [6.45, 7) is 2.97. The molecule has 0 radical (unpaired) electrons. The molecule has 35 heavy (non-hydrogen) atoms. The van der Waals surface area contributed by atoms with Gasteiger partial charge >= 0.3 is 0 Å². The van der Waals surface area contributed by atoms with Crippen molar-refractivity contribution in [1.29, 1.82) is 0 Å². The van der Waals surface area contributed by atoms with Crippen LogP contribution in [0.25, 0.3) is 6.08 Å². The molecule has 1 aliphatic rings. The van der Waals surface area contributed by atoms with Gasteiger partial charge in [0, 0.05) is 27.2 Å². The first kappa shape index (κ1) is 26.4. The molecule has 1 fully saturated rings. The first-order valence-corrected chi connectivity index (χ1v) is 13.8. The summed E-state index contributed by atoms with van der Waals surface area (Å²) in [6, 6.07) is 18.4. The molecule has 180 valence electrons. The number of aliphatic imine (C=N–C) groups is 1. The molecule has 1 saturated heterocycles. The second-order valence-corrected chi connectivity index (χ2v) is 11.1. The lowest BCUT2D eigenvalue weighted by Gasteiger charge is -2.14. The SMILES string of the molecule is CCCN1C(=O)/C(=C/c2ccc(OCc3ccc(Cl)cc3Cl)c(I)c2)SC1=Nc1ccc(Cl)cc1. The average molecular weight is 658 g/mol. The largest absolute Gasteiger partial charge is 0.488 e. The quantitative estimate of drug-likeness (QED) is 0.188. The first-order chi connectivity index (χ1) is 16.8. The lowest BCUT2D eigenvalue weighted by Crippen LogP contribution is -2.29. The van der Waals surface area contributed by atoms with Gasteiger partial charge in [0.05, 0.1) is 14.2 Å². The Balaban J connectivity index is 1.52. The summed E-state index contributed by atoms with van der Waals surface area (Å²) >= 11 is 21.8. The van der Waals surface area contributed by atoms with Crippen LogP contribution in [0.4, 0.5) is 5.69 Å². The van der Waals surface area contributed by atoms with Crippen molar-refractivity contribution in [2.24, 2.45) is 4.99 Å². The number of hydrogen-bond donors (Lipinski definition) is 0. The fraction of sp³-hybridized carbons (Fsp3) is 0.154. The number of carbonyl (C=O) groups excluding carboxylic acids is 1. The van der Waals surface area contributed by atoms with E-state index in [2.05, 4.69) is 27.6 Å². The third kappa shape index (κ3) is 6.74. The van der Waals surface area contributed by atoms with E-state index in [0.29, 0.717) is 38.3 Å². The van der Waals surface area contributed by atoms with Gasteiger partial charge < -0.3 is 4.74 Å². The zero-order valence-electron chi connectivity index (χ0n) is 18.6. The van der Waals surface area contributed by atoms with E-state index in [1.807, 2.05) is 49.4 Å². The van der Waals surface area contributed by atoms with Crippen molar-refractivity contribution >= 4 is 92.0 Å². The molecule has 0 bridgehead atoms. The number of rotatable bonds is 7. The summed E-state index contributed by atoms with van der Waals surface area (Å²) < 4.78 is 6.89. The van der Waals surface area contributed by atoms with Gasteiger partial charge in [0.1, 0.15) is 12.4 Å². The molecule has 1 aliphatic heterocycles. The lowest BCUT2D eigenvalue weighted by atomic mass is 10.2. The highest BCUT2D eigenvalue weighted by molar-refractivity contribution is 14.1. The van der Waals surface area contributed by atoms with Crippen LogP contribution >= 0.6 is 69.2 Å². The van der Waals surface area contributed by atoms with Gasteiger partial charge in [0.25, 0.3) is 5.91 Å². The van der Waals surface area contributed by atoms with Gasteiger partial charge in [-0.3, -0.25) is 9.69 Å². The Kier molecular flexibility index (Phi) is 9.05. The fourth-order valence-corrected chi connectivity index (χ4v) is 5.62. The van der Waals surface area contributed by atoms with Crippen molar-refractivity contribution < 1.29 is 9.53 Å². The van der Waals surface area contributed by atoms with Gasteiger partial charge in [0.2, 0.25) is 0 Å². The Morgan fingerprint density at radius 3 is 2.46 bits per heavy atom. The summed E-state index contributed by atoms with van der Waals surface area (Å²) in [5, 5.41) is 2.47. The number of benzene rings is 3. The Hall–Kier alpha value is -1.71. The van der Waals surface area contributed by atoms with E-state index in [9.17, 15) is 4.79 Å². The highest BCUT2D eigenvalue weighted by Crippen LogP contribution is 2.35. The Bertz CT molecular complexity index is 1310. The molecule has 0 unspecified atom stereocenters. The molecule has 4 rings (SSSR count). The molecule has 0 saturated carbocycles. The molecular formula is C26H20Cl3IN2O2S. The molecule has 0 aromatic heterocycles. The number of hydrogen-bond acceptors (Lipinski definition) is 4. The van der Waals surface area contributed by atoms with Gasteiger partial charge in [-0.15, -0.1) is 0 Å². The highest BCUT2D eigenvalue weighted by atomic mass is 127. The standard InChI is InChI=1S/C26H20Cl3IN2O2S/c1-2-11-32-25(33)24(35-26(32)31-20-8-6-18(27)7-9-20)13-16-3-10-23(22(30)12-16)34-15-17-4-5-19(28)14-21(17)29/h3-10,12-14H,2,11,15H2,1H3/b24-13-,31-26?. The predicted octanol–water partition coefficient (Wildman–Crippen LogP) is 8.84. The summed E-state index contributed by atoms with van der Waals surface area (Å²) in [6.07, 6.45) is 2.73. The molecule has 1 amide bonds. The second kappa shape index (κ2) is 12.0. The molecule has 0 aliphatic carbocycles. The van der Waals surface area contributed by atoms with Gasteiger partial charge in [-0.2, -0.15) is 0 Å². The minimum atomic E-state index is -0.0442. The zero-order valence-corrected chi connectivity index (χ0v) is 23.8. The van der Waals surface area contributed by atoms with Crippen LogP contribution < -0.4 is 4.74 Å². The molecule has 0 N–H and O–H groups in total. The minimum absolute atomic E-state index is 0.0442. The van der Waals surface area contributed by atoms with Crippen LogP contribution in [0.5, 0.6) is 5.75 Å². The third-order valence-corrected chi connectivity index (χ3v) is 7.73. The summed E-state index contributed by atoms with van der Waals surface area (Å²) in [7, 11) is 0. The number of amidine groups is 1. The average Bonchev–Trinajstić information content (AvgIpc) is 3.10. The summed E-state index contributed by atoms with van der Waals surface area (Å²) in [4.78, 5) is 20.1. The molecule has 9 heteroatoms. The Morgan fingerprint density at radius 1 is 1.03 bits per heavy atom. The van der Waals surface area contributed by atoms with Crippen molar-refractivity contribution in [2.45, 2.75) is 20.0 Å². The topological polar surface area (TPSA) is 41.9 Å². The van der Waals surface area contributed by atoms with Crippen LogP contribution in [0, 0.1) is 3.57 Å². The monoisotopic (exact) mass is 656 g/mol. The number of amides is 1. The molecule has 3 aromatic rings. The molecule has 3 aromatic carbocycles. The number of carbonyl (C=O) groups is 1. The Labute approximate surface area is 237 Å². The third-order valence-electron chi connectivity index (χ3n) is 5.04. The van der Waals surface area contributed by atoms with Crippen LogP contribution in [0.3, 0.4) is 0 Å². The van der Waals surface area contributed by atoms with Gasteiger partial charge in [0.15, 0.2) is 5.17 Å². The van der Waals surface area contributed by atoms with Crippen molar-refractivity contribution in [3.63, 3.8) is 0 Å². The summed E-state index contributed by atoms with van der Waals surface area (Å²) in [5.74, 6) is 0.694. The van der Waals surface area contributed by atoms with Crippen LogP contribution in [-0.2, 0) is 11.4 Å². The highest BCUT2D eigenvalue weighted by Gasteiger charge is 2.32. The normalized spacial score (nSPS) is 15.9. The van der Waals surface area contributed by atoms with Gasteiger partial charge in [-0.05, 0) is 101 Å². The molecule has 0 atom stereocenters. The number of thioether (sulfide) groups is 1. The molecule has 0 spiro atoms. The van der Waals surface area contributed by atoms with E-state index in [1.165, 1.54) is 11.8 Å². The molecule has 4 nitrogen and oxygen atoms in total. The first-order valence-electron chi connectivity index (χ1n) is 10.8. The Morgan fingerprint density at radius 2 is 1.77 bits per heavy atom. The number of halogens is 4. The smallest absolute Gasteiger partial charge is 0.266 e. The van der Waals surface area contributed by atoms with E-state index in [1.54, 1.807) is 29.2 Å². The maximum absolute atomic E-state index is 13.1. The van der Waals surface area contributed by atoms with Crippen molar-refractivity contribution in [3.05, 3.63) is 95.3 Å². The van der Waals surface area contributed by atoms with Crippen molar-refractivity contribution in [2.75, 3.05) is 6.54 Å². The van der Waals surface area contributed by atoms with Crippen LogP contribution in [0.1, 0.15) is 24.5 Å². The molecular weight excluding hydrogens is 638 g/mol.